The second-order valence-corrected chi connectivity index (χ2v) is 7.02. The molecule has 3 aromatic rings. The Morgan fingerprint density at radius 2 is 1.60 bits per heavy atom. The fraction of sp³-hybridized carbons (Fsp3) is 0.200. The van der Waals surface area contributed by atoms with Gasteiger partial charge in [-0.15, -0.1) is 0 Å². The van der Waals surface area contributed by atoms with Gasteiger partial charge in [-0.2, -0.15) is 0 Å². The smallest absolute Gasteiger partial charge is 0.170 e. The molecule has 0 aliphatic heterocycles. The molecule has 0 saturated carbocycles. The van der Waals surface area contributed by atoms with Crippen molar-refractivity contribution in [3.05, 3.63) is 66.2 Å². The minimum atomic E-state index is -0.0448. The fourth-order valence-corrected chi connectivity index (χ4v) is 3.19. The molecule has 2 N–H and O–H groups in total. The number of phenols is 2. The molecule has 0 bridgehead atoms. The van der Waals surface area contributed by atoms with Crippen molar-refractivity contribution in [1.29, 1.82) is 0 Å². The summed E-state index contributed by atoms with van der Waals surface area (Å²) in [6, 6.07) is 16.4. The Morgan fingerprint density at radius 1 is 0.867 bits per heavy atom. The van der Waals surface area contributed by atoms with Crippen LogP contribution in [0.2, 0.25) is 0 Å². The van der Waals surface area contributed by atoms with Gasteiger partial charge in [0.05, 0.1) is 19.8 Å². The Labute approximate surface area is 176 Å². The Balaban J connectivity index is 2.13. The number of phenolic OH excluding ortho intramolecular Hbond substituents is 2. The van der Waals surface area contributed by atoms with Crippen LogP contribution in [0.3, 0.4) is 0 Å². The highest BCUT2D eigenvalue weighted by atomic mass is 16.5. The summed E-state index contributed by atoms with van der Waals surface area (Å²) < 4.78 is 16.8. The Bertz CT molecular complexity index is 1050. The van der Waals surface area contributed by atoms with Gasteiger partial charge >= 0.3 is 0 Å². The number of hydrogen-bond acceptors (Lipinski definition) is 5. The summed E-state index contributed by atoms with van der Waals surface area (Å²) in [6.07, 6.45) is 1.92. The van der Waals surface area contributed by atoms with Crippen molar-refractivity contribution in [3.8, 4) is 51.0 Å². The number of hydrogen-bond donors (Lipinski definition) is 2. The lowest BCUT2D eigenvalue weighted by Crippen LogP contribution is -1.97. The molecule has 0 heterocycles. The molecule has 0 amide bonds. The van der Waals surface area contributed by atoms with Crippen LogP contribution in [0.25, 0.3) is 22.3 Å². The quantitative estimate of drug-likeness (QED) is 0.486. The summed E-state index contributed by atoms with van der Waals surface area (Å²) in [6.45, 7) is 4.28. The lowest BCUT2D eigenvalue weighted by molar-refractivity contribution is 0.335. The summed E-state index contributed by atoms with van der Waals surface area (Å²) in [4.78, 5) is 0. The number of ether oxygens (including phenoxy) is 3. The van der Waals surface area contributed by atoms with Crippen molar-refractivity contribution < 1.29 is 24.4 Å². The molecule has 0 fully saturated rings. The molecule has 0 aliphatic rings. The van der Waals surface area contributed by atoms with E-state index < -0.39 is 0 Å². The maximum absolute atomic E-state index is 11.1. The number of methoxy groups -OCH3 is 2. The molecule has 0 unspecified atom stereocenters. The lowest BCUT2D eigenvalue weighted by Gasteiger charge is -2.18. The van der Waals surface area contributed by atoms with Gasteiger partial charge in [-0.3, -0.25) is 0 Å². The predicted octanol–water partition coefficient (Wildman–Crippen LogP) is 5.79. The van der Waals surface area contributed by atoms with Gasteiger partial charge in [0, 0.05) is 5.56 Å². The maximum Gasteiger partial charge on any atom is 0.170 e. The zero-order chi connectivity index (χ0) is 21.7. The van der Waals surface area contributed by atoms with Gasteiger partial charge < -0.3 is 24.4 Å². The molecule has 3 aromatic carbocycles. The molecule has 0 saturated heterocycles. The van der Waals surface area contributed by atoms with Gasteiger partial charge in [0.2, 0.25) is 0 Å². The molecule has 0 spiro atoms. The highest BCUT2D eigenvalue weighted by molar-refractivity contribution is 5.88. The maximum atomic E-state index is 11.1. The monoisotopic (exact) mass is 406 g/mol. The van der Waals surface area contributed by atoms with Gasteiger partial charge in [0.1, 0.15) is 12.4 Å². The van der Waals surface area contributed by atoms with Crippen molar-refractivity contribution in [2.24, 2.45) is 0 Å². The first kappa shape index (κ1) is 21.1. The number of rotatable bonds is 7. The third kappa shape index (κ3) is 4.35. The summed E-state index contributed by atoms with van der Waals surface area (Å²) in [5.41, 5.74) is 3.82. The van der Waals surface area contributed by atoms with E-state index in [4.69, 9.17) is 14.2 Å². The van der Waals surface area contributed by atoms with Crippen LogP contribution in [0.15, 0.2) is 66.2 Å². The van der Waals surface area contributed by atoms with Crippen LogP contribution in [0.5, 0.6) is 28.7 Å². The van der Waals surface area contributed by atoms with Crippen LogP contribution in [0.1, 0.15) is 13.8 Å². The zero-order valence-corrected chi connectivity index (χ0v) is 17.6. The van der Waals surface area contributed by atoms with Gasteiger partial charge in [0.25, 0.3) is 0 Å². The molecule has 5 heteroatoms. The van der Waals surface area contributed by atoms with Crippen LogP contribution in [0.4, 0.5) is 0 Å². The molecule has 0 atom stereocenters. The van der Waals surface area contributed by atoms with E-state index in [0.717, 1.165) is 16.7 Å². The van der Waals surface area contributed by atoms with Crippen LogP contribution in [-0.4, -0.2) is 31.0 Å². The molecule has 0 radical (unpaired) electrons. The largest absolute Gasteiger partial charge is 0.504 e. The highest BCUT2D eigenvalue weighted by Crippen LogP contribution is 2.50. The molecule has 156 valence electrons. The van der Waals surface area contributed by atoms with E-state index in [2.05, 4.69) is 0 Å². The van der Waals surface area contributed by atoms with Gasteiger partial charge in [-0.25, -0.2) is 0 Å². The Morgan fingerprint density at radius 3 is 2.23 bits per heavy atom. The number of benzene rings is 3. The Hall–Kier alpha value is -3.60. The van der Waals surface area contributed by atoms with E-state index in [1.54, 1.807) is 19.2 Å². The summed E-state index contributed by atoms with van der Waals surface area (Å²) in [7, 11) is 3.06. The average Bonchev–Trinajstić information content (AvgIpc) is 2.75. The van der Waals surface area contributed by atoms with Crippen molar-refractivity contribution in [2.75, 3.05) is 20.8 Å². The zero-order valence-electron chi connectivity index (χ0n) is 17.6. The van der Waals surface area contributed by atoms with E-state index in [-0.39, 0.29) is 11.5 Å². The summed E-state index contributed by atoms with van der Waals surface area (Å²) in [5.74, 6) is 1.12. The summed E-state index contributed by atoms with van der Waals surface area (Å²) >= 11 is 0. The second kappa shape index (κ2) is 9.27. The highest BCUT2D eigenvalue weighted by Gasteiger charge is 2.22. The third-order valence-electron chi connectivity index (χ3n) is 4.71. The minimum absolute atomic E-state index is 0.0206. The first-order valence-electron chi connectivity index (χ1n) is 9.59. The fourth-order valence-electron chi connectivity index (χ4n) is 3.19. The van der Waals surface area contributed by atoms with Crippen molar-refractivity contribution in [3.63, 3.8) is 0 Å². The van der Waals surface area contributed by atoms with Gasteiger partial charge in [-0.05, 0) is 49.2 Å². The van der Waals surface area contributed by atoms with Crippen LogP contribution in [-0.2, 0) is 0 Å². The topological polar surface area (TPSA) is 68.2 Å². The van der Waals surface area contributed by atoms with Crippen LogP contribution in [0, 0.1) is 0 Å². The Kier molecular flexibility index (Phi) is 6.52. The minimum Gasteiger partial charge on any atom is -0.504 e. The third-order valence-corrected chi connectivity index (χ3v) is 4.71. The van der Waals surface area contributed by atoms with Crippen molar-refractivity contribution in [1.82, 2.24) is 0 Å². The predicted molar refractivity (Wildman–Crippen MR) is 119 cm³/mol. The van der Waals surface area contributed by atoms with Crippen LogP contribution < -0.4 is 14.2 Å². The van der Waals surface area contributed by atoms with E-state index in [9.17, 15) is 10.2 Å². The van der Waals surface area contributed by atoms with Gasteiger partial charge in [0.15, 0.2) is 23.0 Å². The molecule has 0 aliphatic carbocycles. The van der Waals surface area contributed by atoms with Crippen molar-refractivity contribution in [2.45, 2.75) is 13.8 Å². The molecular weight excluding hydrogens is 380 g/mol. The molecule has 0 aromatic heterocycles. The summed E-state index contributed by atoms with van der Waals surface area (Å²) in [5, 5.41) is 21.3. The molecule has 30 heavy (non-hydrogen) atoms. The first-order valence-corrected chi connectivity index (χ1v) is 9.59. The van der Waals surface area contributed by atoms with E-state index in [1.165, 1.54) is 13.2 Å². The molecule has 3 rings (SSSR count). The van der Waals surface area contributed by atoms with E-state index in [1.807, 2.05) is 56.3 Å². The second-order valence-electron chi connectivity index (χ2n) is 7.02. The van der Waals surface area contributed by atoms with E-state index >= 15 is 0 Å². The standard InChI is InChI=1S/C25H26O5/c1-16(2)12-13-30-21-14-18(10-11-20(21)26)23-22(28-3)15-19(25(29-4)24(23)27)17-8-6-5-7-9-17/h5-12,14-15,26-27H,13H2,1-4H3. The van der Waals surface area contributed by atoms with Crippen molar-refractivity contribution >= 4 is 0 Å². The number of aromatic hydroxyl groups is 2. The normalized spacial score (nSPS) is 10.4. The molecule has 5 nitrogen and oxygen atoms in total. The molecular formula is C25H26O5. The van der Waals surface area contributed by atoms with Gasteiger partial charge in [-0.1, -0.05) is 42.0 Å². The SMILES string of the molecule is COc1cc(-c2ccccc2)c(OC)c(O)c1-c1ccc(O)c(OCC=C(C)C)c1. The number of allylic oxidation sites excluding steroid dienone is 1. The van der Waals surface area contributed by atoms with Crippen LogP contribution >= 0.6 is 0 Å². The van der Waals surface area contributed by atoms with E-state index in [0.29, 0.717) is 35.0 Å². The average molecular weight is 406 g/mol. The first-order chi connectivity index (χ1) is 14.5. The lowest BCUT2D eigenvalue weighted by atomic mass is 9.96.